The first-order chi connectivity index (χ1) is 13.6. The summed E-state index contributed by atoms with van der Waals surface area (Å²) < 4.78 is 30.7. The van der Waals surface area contributed by atoms with Crippen LogP contribution in [0.2, 0.25) is 0 Å². The van der Waals surface area contributed by atoms with Crippen LogP contribution in [-0.2, 0) is 23.0 Å². The molecule has 0 fully saturated rings. The summed E-state index contributed by atoms with van der Waals surface area (Å²) in [5.74, 6) is 1.09. The largest absolute Gasteiger partial charge is 0.328 e. The van der Waals surface area contributed by atoms with E-state index in [1.165, 1.54) is 0 Å². The van der Waals surface area contributed by atoms with E-state index in [2.05, 4.69) is 14.3 Å². The molecule has 1 aliphatic rings. The van der Waals surface area contributed by atoms with E-state index in [0.29, 0.717) is 5.69 Å². The second-order valence-corrected chi connectivity index (χ2v) is 8.69. The maximum Gasteiger partial charge on any atom is 0.261 e. The fraction of sp³-hybridized carbons (Fsp3) is 0.136. The molecule has 28 heavy (non-hydrogen) atoms. The van der Waals surface area contributed by atoms with Crippen LogP contribution in [0.4, 0.5) is 5.69 Å². The first-order valence-corrected chi connectivity index (χ1v) is 10.7. The summed E-state index contributed by atoms with van der Waals surface area (Å²) in [5.41, 5.74) is 2.53. The molecule has 3 aromatic carbocycles. The van der Waals surface area contributed by atoms with Crippen LogP contribution in [0, 0.1) is 0 Å². The summed E-state index contributed by atoms with van der Waals surface area (Å²) in [4.78, 5) is 4.73. The SMILES string of the molecule is O=S(=O)(Nc1cccc(-c2cnc3n2CCC3)c1)c1ccc2ccccc2c1. The lowest BCUT2D eigenvalue weighted by molar-refractivity contribution is 0.601. The summed E-state index contributed by atoms with van der Waals surface area (Å²) in [6.07, 6.45) is 3.96. The predicted octanol–water partition coefficient (Wildman–Crippen LogP) is 4.45. The minimum absolute atomic E-state index is 0.252. The van der Waals surface area contributed by atoms with Crippen molar-refractivity contribution in [3.8, 4) is 11.3 Å². The van der Waals surface area contributed by atoms with Gasteiger partial charge >= 0.3 is 0 Å². The van der Waals surface area contributed by atoms with Crippen molar-refractivity contribution in [1.29, 1.82) is 0 Å². The van der Waals surface area contributed by atoms with E-state index in [1.807, 2.05) is 54.7 Å². The molecule has 0 saturated heterocycles. The number of benzene rings is 3. The molecule has 0 saturated carbocycles. The number of sulfonamides is 1. The van der Waals surface area contributed by atoms with Crippen LogP contribution in [0.1, 0.15) is 12.2 Å². The van der Waals surface area contributed by atoms with Crippen molar-refractivity contribution >= 4 is 26.5 Å². The Morgan fingerprint density at radius 3 is 2.68 bits per heavy atom. The van der Waals surface area contributed by atoms with E-state index in [9.17, 15) is 8.42 Å². The number of anilines is 1. The van der Waals surface area contributed by atoms with Crippen LogP contribution >= 0.6 is 0 Å². The third kappa shape index (κ3) is 2.96. The molecule has 5 rings (SSSR count). The van der Waals surface area contributed by atoms with Crippen molar-refractivity contribution in [3.05, 3.63) is 78.8 Å². The van der Waals surface area contributed by atoms with Crippen LogP contribution in [0.5, 0.6) is 0 Å². The number of fused-ring (bicyclic) bond motifs is 2. The van der Waals surface area contributed by atoms with Gasteiger partial charge < -0.3 is 4.57 Å². The highest BCUT2D eigenvalue weighted by Crippen LogP contribution is 2.28. The van der Waals surface area contributed by atoms with Crippen molar-refractivity contribution in [2.45, 2.75) is 24.3 Å². The summed E-state index contributed by atoms with van der Waals surface area (Å²) >= 11 is 0. The lowest BCUT2D eigenvalue weighted by atomic mass is 10.1. The summed E-state index contributed by atoms with van der Waals surface area (Å²) in [7, 11) is -3.67. The second-order valence-electron chi connectivity index (χ2n) is 7.01. The van der Waals surface area contributed by atoms with Gasteiger partial charge in [0.2, 0.25) is 0 Å². The van der Waals surface area contributed by atoms with Crippen LogP contribution in [0.25, 0.3) is 22.0 Å². The first kappa shape index (κ1) is 17.0. The monoisotopic (exact) mass is 389 g/mol. The Hall–Kier alpha value is -3.12. The van der Waals surface area contributed by atoms with E-state index in [4.69, 9.17) is 0 Å². The second kappa shape index (κ2) is 6.49. The Kier molecular flexibility index (Phi) is 3.94. The fourth-order valence-corrected chi connectivity index (χ4v) is 4.86. The normalized spacial score (nSPS) is 13.6. The standard InChI is InChI=1S/C22H19N3O2S/c26-28(27,20-11-10-16-5-1-2-6-17(16)14-20)24-19-8-3-7-18(13-19)21-15-23-22-9-4-12-25(21)22/h1-3,5-8,10-11,13-15,24H,4,9,12H2. The summed E-state index contributed by atoms with van der Waals surface area (Å²) in [5, 5.41) is 1.91. The molecule has 5 nitrogen and oxygen atoms in total. The average Bonchev–Trinajstić information content (AvgIpc) is 3.31. The maximum atomic E-state index is 12.9. The summed E-state index contributed by atoms with van der Waals surface area (Å²) in [6, 6.07) is 20.4. The lowest BCUT2D eigenvalue weighted by Gasteiger charge is -2.11. The average molecular weight is 389 g/mol. The molecule has 2 heterocycles. The van der Waals surface area contributed by atoms with Gasteiger partial charge in [-0.05, 0) is 41.5 Å². The summed E-state index contributed by atoms with van der Waals surface area (Å²) in [6.45, 7) is 0.956. The highest BCUT2D eigenvalue weighted by atomic mass is 32.2. The molecule has 1 N–H and O–H groups in total. The highest BCUT2D eigenvalue weighted by molar-refractivity contribution is 7.92. The Bertz CT molecular complexity index is 1290. The third-order valence-electron chi connectivity index (χ3n) is 5.16. The van der Waals surface area contributed by atoms with Crippen LogP contribution in [-0.4, -0.2) is 18.0 Å². The Morgan fingerprint density at radius 1 is 0.929 bits per heavy atom. The van der Waals surface area contributed by atoms with E-state index in [0.717, 1.165) is 47.2 Å². The predicted molar refractivity (Wildman–Crippen MR) is 111 cm³/mol. The number of nitrogens with one attached hydrogen (secondary N) is 1. The molecule has 0 bridgehead atoms. The van der Waals surface area contributed by atoms with Gasteiger partial charge in [0.05, 0.1) is 16.8 Å². The van der Waals surface area contributed by atoms with Crippen molar-refractivity contribution in [3.63, 3.8) is 0 Å². The molecule has 0 radical (unpaired) electrons. The molecule has 6 heteroatoms. The minimum atomic E-state index is -3.67. The topological polar surface area (TPSA) is 64.0 Å². The van der Waals surface area contributed by atoms with Crippen molar-refractivity contribution in [2.75, 3.05) is 4.72 Å². The fourth-order valence-electron chi connectivity index (χ4n) is 3.78. The number of nitrogens with zero attached hydrogens (tertiary/aromatic N) is 2. The molecule has 0 aliphatic carbocycles. The van der Waals surface area contributed by atoms with Crippen LogP contribution in [0.15, 0.2) is 77.8 Å². The lowest BCUT2D eigenvalue weighted by Crippen LogP contribution is -2.13. The van der Waals surface area contributed by atoms with Gasteiger partial charge in [0.1, 0.15) is 5.82 Å². The number of imidazole rings is 1. The molecule has 0 spiro atoms. The molecule has 1 aliphatic heterocycles. The van der Waals surface area contributed by atoms with Crippen molar-refractivity contribution in [2.24, 2.45) is 0 Å². The Balaban J connectivity index is 1.48. The van der Waals surface area contributed by atoms with Crippen molar-refractivity contribution < 1.29 is 8.42 Å². The van der Waals surface area contributed by atoms with Gasteiger partial charge in [-0.15, -0.1) is 0 Å². The van der Waals surface area contributed by atoms with E-state index >= 15 is 0 Å². The molecule has 4 aromatic rings. The van der Waals surface area contributed by atoms with Gasteiger partial charge in [-0.3, -0.25) is 4.72 Å². The van der Waals surface area contributed by atoms with Crippen LogP contribution < -0.4 is 4.72 Å². The number of aryl methyl sites for hydroxylation is 1. The number of hydrogen-bond donors (Lipinski definition) is 1. The molecule has 0 atom stereocenters. The molecule has 140 valence electrons. The van der Waals surface area contributed by atoms with Gasteiger partial charge in [-0.25, -0.2) is 13.4 Å². The maximum absolute atomic E-state index is 12.9. The molecule has 0 amide bonds. The zero-order valence-electron chi connectivity index (χ0n) is 15.2. The smallest absolute Gasteiger partial charge is 0.261 e. The number of hydrogen-bond acceptors (Lipinski definition) is 3. The number of aromatic nitrogens is 2. The molecular weight excluding hydrogens is 370 g/mol. The molecule has 0 unspecified atom stereocenters. The van der Waals surface area contributed by atoms with E-state index in [-0.39, 0.29) is 4.90 Å². The van der Waals surface area contributed by atoms with Gasteiger partial charge in [-0.2, -0.15) is 0 Å². The van der Waals surface area contributed by atoms with E-state index < -0.39 is 10.0 Å². The Morgan fingerprint density at radius 2 is 1.79 bits per heavy atom. The van der Waals surface area contributed by atoms with Crippen LogP contribution in [0.3, 0.4) is 0 Å². The van der Waals surface area contributed by atoms with Crippen molar-refractivity contribution in [1.82, 2.24) is 9.55 Å². The zero-order valence-corrected chi connectivity index (χ0v) is 16.0. The van der Waals surface area contributed by atoms with Gasteiger partial charge in [0.25, 0.3) is 10.0 Å². The van der Waals surface area contributed by atoms with Gasteiger partial charge in [-0.1, -0.05) is 42.5 Å². The minimum Gasteiger partial charge on any atom is -0.328 e. The first-order valence-electron chi connectivity index (χ1n) is 9.27. The van der Waals surface area contributed by atoms with Gasteiger partial charge in [0, 0.05) is 24.2 Å². The third-order valence-corrected chi connectivity index (χ3v) is 6.54. The Labute approximate surface area is 163 Å². The highest BCUT2D eigenvalue weighted by Gasteiger charge is 2.18. The zero-order chi connectivity index (χ0) is 19.1. The molecule has 1 aromatic heterocycles. The number of rotatable bonds is 4. The van der Waals surface area contributed by atoms with E-state index in [1.54, 1.807) is 18.2 Å². The molecular formula is C22H19N3O2S. The quantitative estimate of drug-likeness (QED) is 0.561. The van der Waals surface area contributed by atoms with Gasteiger partial charge in [0.15, 0.2) is 0 Å².